The third-order valence-electron chi connectivity index (χ3n) is 7.86. The monoisotopic (exact) mass is 661 g/mol. The fourth-order valence-corrected chi connectivity index (χ4v) is 5.99. The predicted molar refractivity (Wildman–Crippen MR) is 185 cm³/mol. The van der Waals surface area contributed by atoms with Crippen LogP contribution in [0.1, 0.15) is 32.8 Å². The molecule has 0 amide bonds. The van der Waals surface area contributed by atoms with Crippen molar-refractivity contribution >= 4 is 43.5 Å². The van der Waals surface area contributed by atoms with Crippen molar-refractivity contribution in [3.8, 4) is 18.0 Å². The number of nitrogens with zero attached hydrogens (tertiary/aromatic N) is 7. The Balaban J connectivity index is 0.000000160. The van der Waals surface area contributed by atoms with Crippen LogP contribution in [0.15, 0.2) is 32.6 Å². The van der Waals surface area contributed by atoms with Crippen molar-refractivity contribution in [1.29, 1.82) is 0 Å². The summed E-state index contributed by atoms with van der Waals surface area (Å²) < 4.78 is 19.4. The zero-order valence-corrected chi connectivity index (χ0v) is 29.5. The number of aryl methyl sites for hydroxylation is 6. The van der Waals surface area contributed by atoms with Crippen LogP contribution in [0.4, 0.5) is 0 Å². The maximum atomic E-state index is 12.1. The number of ether oxygens (including phenoxy) is 3. The molecule has 0 saturated carbocycles. The Labute approximate surface area is 275 Å². The number of hydrogen-bond donors (Lipinski definition) is 0. The lowest BCUT2D eigenvalue weighted by atomic mass is 10.1. The molecule has 0 bridgehead atoms. The average Bonchev–Trinajstić information content (AvgIpc) is 3.33. The molecule has 47 heavy (non-hydrogen) atoms. The molecule has 0 aliphatic rings. The third kappa shape index (κ3) is 6.59. The average molecular weight is 662 g/mol. The van der Waals surface area contributed by atoms with Gasteiger partial charge in [-0.2, -0.15) is 15.0 Å². The Bertz CT molecular complexity index is 2340. The van der Waals surface area contributed by atoms with Gasteiger partial charge in [-0.15, -0.1) is 11.3 Å². The first kappa shape index (κ1) is 34.8. The molecule has 6 aromatic rings. The molecule has 6 rings (SSSR count). The molecular weight excluding hydrogens is 622 g/mol. The fraction of sp³-hybridized carbons (Fsp3) is 0.364. The first-order valence-corrected chi connectivity index (χ1v) is 15.4. The van der Waals surface area contributed by atoms with Crippen molar-refractivity contribution in [3.63, 3.8) is 0 Å². The van der Waals surface area contributed by atoms with E-state index < -0.39 is 0 Å². The second kappa shape index (κ2) is 13.7. The summed E-state index contributed by atoms with van der Waals surface area (Å²) in [5.41, 5.74) is 5.82. The van der Waals surface area contributed by atoms with Gasteiger partial charge in [-0.1, -0.05) is 6.07 Å². The zero-order valence-electron chi connectivity index (χ0n) is 28.7. The van der Waals surface area contributed by atoms with E-state index in [9.17, 15) is 14.4 Å². The van der Waals surface area contributed by atoms with Crippen molar-refractivity contribution in [2.45, 2.75) is 41.5 Å². The van der Waals surface area contributed by atoms with Crippen LogP contribution in [0.2, 0.25) is 0 Å². The highest BCUT2D eigenvalue weighted by Crippen LogP contribution is 2.27. The molecule has 14 heteroatoms. The zero-order chi connectivity index (χ0) is 34.9. The molecule has 0 unspecified atom stereocenters. The Hall–Kier alpha value is -5.11. The second-order valence-corrected chi connectivity index (χ2v) is 12.3. The van der Waals surface area contributed by atoms with Crippen LogP contribution in [0.3, 0.4) is 0 Å². The van der Waals surface area contributed by atoms with Crippen LogP contribution >= 0.6 is 11.3 Å². The van der Waals surface area contributed by atoms with Crippen molar-refractivity contribution in [3.05, 3.63) is 82.1 Å². The SMILES string of the molecule is COc1nc2c(C)cc(C)cc2c(=O)n1C.COc1nc2nc(C)c(C)cc2c(=O)n1C.COc1nc2sc(C)c(C)c2c(=O)n1C. The minimum absolute atomic E-state index is 0.0429. The first-order valence-electron chi connectivity index (χ1n) is 14.6. The predicted octanol–water partition coefficient (Wildman–Crippen LogP) is 4.13. The largest absolute Gasteiger partial charge is 0.468 e. The summed E-state index contributed by atoms with van der Waals surface area (Å²) in [4.78, 5) is 55.0. The third-order valence-corrected chi connectivity index (χ3v) is 8.96. The summed E-state index contributed by atoms with van der Waals surface area (Å²) in [5.74, 6) is 0. The lowest BCUT2D eigenvalue weighted by molar-refractivity contribution is 0.359. The number of rotatable bonds is 3. The van der Waals surface area contributed by atoms with Crippen molar-refractivity contribution in [1.82, 2.24) is 33.6 Å². The number of thiophene rings is 1. The maximum absolute atomic E-state index is 12.1. The maximum Gasteiger partial charge on any atom is 0.300 e. The highest BCUT2D eigenvalue weighted by atomic mass is 32.1. The normalized spacial score (nSPS) is 10.8. The highest BCUT2D eigenvalue weighted by Gasteiger charge is 2.15. The van der Waals surface area contributed by atoms with Gasteiger partial charge in [0.05, 0.1) is 43.0 Å². The topological polar surface area (TPSA) is 145 Å². The molecular formula is C33H39N7O6S. The molecule has 1 aromatic carbocycles. The van der Waals surface area contributed by atoms with E-state index in [1.54, 1.807) is 21.1 Å². The van der Waals surface area contributed by atoms with Crippen LogP contribution in [0, 0.1) is 41.5 Å². The molecule has 0 fully saturated rings. The fourth-order valence-electron chi connectivity index (χ4n) is 4.98. The Kier molecular flexibility index (Phi) is 10.1. The standard InChI is InChI=1S/C12H14N2O2.C11H13N3O2.C10H12N2O2S/c1-7-5-8(2)10-9(6-7)11(15)14(3)12(13-10)16-4;1-6-5-8-9(12-7(6)2)13-11(16-4)14(3)10(8)15;1-5-6(2)15-8-7(5)9(13)12(3)10(11-8)14-4/h5-6H,1-4H3;5H,1-4H3;1-4H3. The van der Waals surface area contributed by atoms with Gasteiger partial charge in [0.15, 0.2) is 5.65 Å². The van der Waals surface area contributed by atoms with E-state index in [1.807, 2.05) is 59.7 Å². The summed E-state index contributed by atoms with van der Waals surface area (Å²) in [6, 6.07) is 6.64. The van der Waals surface area contributed by atoms with Crippen molar-refractivity contribution in [2.24, 2.45) is 21.1 Å². The summed E-state index contributed by atoms with van der Waals surface area (Å²) >= 11 is 1.53. The minimum Gasteiger partial charge on any atom is -0.468 e. The van der Waals surface area contributed by atoms with Gasteiger partial charge in [-0.05, 0) is 75.9 Å². The second-order valence-electron chi connectivity index (χ2n) is 11.1. The summed E-state index contributed by atoms with van der Waals surface area (Å²) in [6.07, 6.45) is 0. The quantitative estimate of drug-likeness (QED) is 0.271. The lowest BCUT2D eigenvalue weighted by Crippen LogP contribution is -2.20. The van der Waals surface area contributed by atoms with Gasteiger partial charge in [0, 0.05) is 31.7 Å². The molecule has 5 heterocycles. The van der Waals surface area contributed by atoms with Gasteiger partial charge in [0.2, 0.25) is 0 Å². The Morgan fingerprint density at radius 1 is 0.617 bits per heavy atom. The van der Waals surface area contributed by atoms with Gasteiger partial charge in [-0.25, -0.2) is 4.98 Å². The Morgan fingerprint density at radius 2 is 1.15 bits per heavy atom. The van der Waals surface area contributed by atoms with E-state index in [2.05, 4.69) is 19.9 Å². The van der Waals surface area contributed by atoms with E-state index >= 15 is 0 Å². The van der Waals surface area contributed by atoms with Gasteiger partial charge in [-0.3, -0.25) is 28.1 Å². The molecule has 0 aliphatic heterocycles. The number of methoxy groups -OCH3 is 3. The van der Waals surface area contributed by atoms with Crippen LogP contribution < -0.4 is 30.9 Å². The molecule has 5 aromatic heterocycles. The summed E-state index contributed by atoms with van der Waals surface area (Å²) in [6.45, 7) is 11.7. The number of benzene rings is 1. The molecule has 0 radical (unpaired) electrons. The van der Waals surface area contributed by atoms with Gasteiger partial charge >= 0.3 is 6.01 Å². The number of fused-ring (bicyclic) bond motifs is 3. The number of aromatic nitrogens is 7. The van der Waals surface area contributed by atoms with E-state index in [0.717, 1.165) is 37.7 Å². The molecule has 0 N–H and O–H groups in total. The van der Waals surface area contributed by atoms with E-state index in [-0.39, 0.29) is 22.7 Å². The van der Waals surface area contributed by atoms with Gasteiger partial charge in [0.1, 0.15) is 4.83 Å². The molecule has 248 valence electrons. The van der Waals surface area contributed by atoms with E-state index in [1.165, 1.54) is 46.4 Å². The molecule has 0 spiro atoms. The van der Waals surface area contributed by atoms with Crippen LogP contribution in [0.5, 0.6) is 18.0 Å². The van der Waals surface area contributed by atoms with Crippen LogP contribution in [-0.4, -0.2) is 55.0 Å². The van der Waals surface area contributed by atoms with E-state index in [0.29, 0.717) is 39.3 Å². The van der Waals surface area contributed by atoms with Crippen molar-refractivity contribution in [2.75, 3.05) is 21.3 Å². The smallest absolute Gasteiger partial charge is 0.300 e. The molecule has 13 nitrogen and oxygen atoms in total. The Morgan fingerprint density at radius 3 is 1.74 bits per heavy atom. The minimum atomic E-state index is -0.141. The van der Waals surface area contributed by atoms with Crippen LogP contribution in [0.25, 0.3) is 32.2 Å². The van der Waals surface area contributed by atoms with Gasteiger partial charge in [0.25, 0.3) is 28.7 Å². The molecule has 0 aliphatic carbocycles. The first-order chi connectivity index (χ1) is 22.1. The highest BCUT2D eigenvalue weighted by molar-refractivity contribution is 7.18. The lowest BCUT2D eigenvalue weighted by Gasteiger charge is -2.09. The van der Waals surface area contributed by atoms with Crippen molar-refractivity contribution < 1.29 is 14.2 Å². The van der Waals surface area contributed by atoms with Crippen LogP contribution in [-0.2, 0) is 21.1 Å². The van der Waals surface area contributed by atoms with E-state index in [4.69, 9.17) is 14.2 Å². The summed E-state index contributed by atoms with van der Waals surface area (Å²) in [7, 11) is 9.46. The molecule has 0 atom stereocenters. The van der Waals surface area contributed by atoms with Gasteiger partial charge < -0.3 is 14.2 Å². The summed E-state index contributed by atoms with van der Waals surface area (Å²) in [5, 5.41) is 1.87. The number of pyridine rings is 1. The number of hydrogen-bond acceptors (Lipinski definition) is 11. The molecule has 0 saturated heterocycles.